The van der Waals surface area contributed by atoms with E-state index in [9.17, 15) is 13.2 Å². The van der Waals surface area contributed by atoms with E-state index in [0.29, 0.717) is 43.1 Å². The number of carbonyl (C=O) groups excluding carboxylic acids is 1. The maximum atomic E-state index is 12.6. The number of carbonyl (C=O) groups is 1. The zero-order chi connectivity index (χ0) is 15.7. The molecular formula is C13H16N4O3S2. The van der Waals surface area contributed by atoms with E-state index in [1.54, 1.807) is 17.2 Å². The minimum atomic E-state index is -3.21. The van der Waals surface area contributed by atoms with E-state index in [0.717, 1.165) is 4.83 Å². The summed E-state index contributed by atoms with van der Waals surface area (Å²) in [5, 5.41) is 0.404. The van der Waals surface area contributed by atoms with Crippen molar-refractivity contribution in [2.75, 3.05) is 32.4 Å². The highest BCUT2D eigenvalue weighted by molar-refractivity contribution is 7.88. The summed E-state index contributed by atoms with van der Waals surface area (Å²) in [4.78, 5) is 23.5. The predicted octanol–water partition coefficient (Wildman–Crippen LogP) is 0.799. The average Bonchev–Trinajstić information content (AvgIpc) is 2.73. The van der Waals surface area contributed by atoms with E-state index < -0.39 is 10.0 Å². The van der Waals surface area contributed by atoms with E-state index >= 15 is 0 Å². The molecule has 9 heteroatoms. The molecule has 2 aromatic heterocycles. The molecule has 3 heterocycles. The van der Waals surface area contributed by atoms with Gasteiger partial charge >= 0.3 is 0 Å². The highest BCUT2D eigenvalue weighted by Crippen LogP contribution is 2.21. The van der Waals surface area contributed by atoms with Gasteiger partial charge in [0.25, 0.3) is 5.91 Å². The number of aromatic nitrogens is 2. The lowest BCUT2D eigenvalue weighted by Crippen LogP contribution is -2.36. The van der Waals surface area contributed by atoms with Crippen LogP contribution in [0.3, 0.4) is 0 Å². The fourth-order valence-electron chi connectivity index (χ4n) is 2.43. The molecule has 0 N–H and O–H groups in total. The van der Waals surface area contributed by atoms with Crippen LogP contribution in [0.25, 0.3) is 10.3 Å². The van der Waals surface area contributed by atoms with Crippen LogP contribution in [0.5, 0.6) is 0 Å². The topological polar surface area (TPSA) is 83.5 Å². The first-order valence-corrected chi connectivity index (χ1v) is 9.57. The van der Waals surface area contributed by atoms with Crippen LogP contribution in [0.2, 0.25) is 0 Å². The van der Waals surface area contributed by atoms with Gasteiger partial charge in [-0.25, -0.2) is 22.7 Å². The third-order valence-electron chi connectivity index (χ3n) is 3.56. The summed E-state index contributed by atoms with van der Waals surface area (Å²) in [6, 6.07) is 3.61. The van der Waals surface area contributed by atoms with E-state index in [1.807, 2.05) is 6.07 Å². The molecule has 3 rings (SSSR count). The molecule has 7 nitrogen and oxygen atoms in total. The van der Waals surface area contributed by atoms with E-state index in [4.69, 9.17) is 0 Å². The van der Waals surface area contributed by atoms with Crippen molar-refractivity contribution < 1.29 is 13.2 Å². The Bertz CT molecular complexity index is 769. The lowest BCUT2D eigenvalue weighted by atomic mass is 10.4. The summed E-state index contributed by atoms with van der Waals surface area (Å²) in [6.45, 7) is 1.70. The quantitative estimate of drug-likeness (QED) is 0.807. The lowest BCUT2D eigenvalue weighted by Gasteiger charge is -2.19. The molecule has 1 aliphatic heterocycles. The molecule has 0 unspecified atom stereocenters. The van der Waals surface area contributed by atoms with Crippen molar-refractivity contribution in [1.82, 2.24) is 19.2 Å². The van der Waals surface area contributed by atoms with Gasteiger partial charge < -0.3 is 4.90 Å². The van der Waals surface area contributed by atoms with Crippen LogP contribution < -0.4 is 0 Å². The second kappa shape index (κ2) is 5.90. The van der Waals surface area contributed by atoms with Crippen molar-refractivity contribution in [1.29, 1.82) is 0 Å². The summed E-state index contributed by atoms with van der Waals surface area (Å²) < 4.78 is 24.6. The van der Waals surface area contributed by atoms with Crippen LogP contribution in [0, 0.1) is 0 Å². The van der Waals surface area contributed by atoms with Crippen molar-refractivity contribution >= 4 is 37.6 Å². The number of sulfonamides is 1. The normalized spacial score (nSPS) is 17.6. The van der Waals surface area contributed by atoms with Crippen LogP contribution >= 0.6 is 11.3 Å². The summed E-state index contributed by atoms with van der Waals surface area (Å²) in [5.41, 5.74) is 0.712. The zero-order valence-corrected chi connectivity index (χ0v) is 13.7. The fourth-order valence-corrected chi connectivity index (χ4v) is 4.17. The standard InChI is InChI=1S/C13H16N4O3S2/c1-22(19,20)17-7-3-6-16(8-9-17)13(18)12-15-10-4-2-5-14-11(10)21-12/h2,4-5H,3,6-9H2,1H3. The Morgan fingerprint density at radius 1 is 1.27 bits per heavy atom. The second-order valence-corrected chi connectivity index (χ2v) is 8.11. The average molecular weight is 340 g/mol. The SMILES string of the molecule is CS(=O)(=O)N1CCCN(C(=O)c2nc3cccnc3s2)CC1. The Morgan fingerprint density at radius 2 is 2.09 bits per heavy atom. The van der Waals surface area contributed by atoms with Gasteiger partial charge in [-0.2, -0.15) is 0 Å². The van der Waals surface area contributed by atoms with Gasteiger partial charge in [0, 0.05) is 32.4 Å². The van der Waals surface area contributed by atoms with E-state index in [1.165, 1.54) is 21.9 Å². The fraction of sp³-hybridized carbons (Fsp3) is 0.462. The number of nitrogens with zero attached hydrogens (tertiary/aromatic N) is 4. The van der Waals surface area contributed by atoms with Crippen LogP contribution in [0.1, 0.15) is 16.2 Å². The Hall–Kier alpha value is -1.58. The van der Waals surface area contributed by atoms with Gasteiger partial charge in [-0.1, -0.05) is 11.3 Å². The van der Waals surface area contributed by atoms with Gasteiger partial charge in [0.05, 0.1) is 6.26 Å². The second-order valence-electron chi connectivity index (χ2n) is 5.15. The molecule has 0 saturated carbocycles. The Balaban J connectivity index is 1.77. The summed E-state index contributed by atoms with van der Waals surface area (Å²) in [7, 11) is -3.21. The highest BCUT2D eigenvalue weighted by atomic mass is 32.2. The Kier molecular flexibility index (Phi) is 4.11. The molecule has 22 heavy (non-hydrogen) atoms. The van der Waals surface area contributed by atoms with E-state index in [-0.39, 0.29) is 5.91 Å². The summed E-state index contributed by atoms with van der Waals surface area (Å²) in [6.07, 6.45) is 3.50. The third-order valence-corrected chi connectivity index (χ3v) is 5.83. The number of fused-ring (bicyclic) bond motifs is 1. The monoisotopic (exact) mass is 340 g/mol. The molecule has 118 valence electrons. The number of amides is 1. The number of hydrogen-bond acceptors (Lipinski definition) is 6. The molecular weight excluding hydrogens is 324 g/mol. The number of rotatable bonds is 2. The van der Waals surface area contributed by atoms with Crippen LogP contribution in [-0.4, -0.2) is 65.9 Å². The van der Waals surface area contributed by atoms with Gasteiger partial charge in [0.15, 0.2) is 5.01 Å². The van der Waals surface area contributed by atoms with Crippen LogP contribution in [0.15, 0.2) is 18.3 Å². The van der Waals surface area contributed by atoms with Gasteiger partial charge in [0.1, 0.15) is 10.3 Å². The number of pyridine rings is 1. The van der Waals surface area contributed by atoms with Crippen molar-refractivity contribution in [2.45, 2.75) is 6.42 Å². The van der Waals surface area contributed by atoms with Crippen molar-refractivity contribution in [3.63, 3.8) is 0 Å². The Morgan fingerprint density at radius 3 is 2.82 bits per heavy atom. The predicted molar refractivity (Wildman–Crippen MR) is 84.4 cm³/mol. The first-order valence-electron chi connectivity index (χ1n) is 6.91. The van der Waals surface area contributed by atoms with Crippen molar-refractivity contribution in [3.8, 4) is 0 Å². The van der Waals surface area contributed by atoms with Gasteiger partial charge in [-0.05, 0) is 18.6 Å². The molecule has 0 spiro atoms. The molecule has 2 aromatic rings. The molecule has 0 aromatic carbocycles. The largest absolute Gasteiger partial charge is 0.335 e. The minimum Gasteiger partial charge on any atom is -0.335 e. The Labute approximate surface area is 132 Å². The lowest BCUT2D eigenvalue weighted by molar-refractivity contribution is 0.0764. The van der Waals surface area contributed by atoms with E-state index in [2.05, 4.69) is 9.97 Å². The molecule has 0 aliphatic carbocycles. The van der Waals surface area contributed by atoms with Crippen molar-refractivity contribution in [2.24, 2.45) is 0 Å². The molecule has 0 radical (unpaired) electrons. The van der Waals surface area contributed by atoms with Crippen molar-refractivity contribution in [3.05, 3.63) is 23.3 Å². The molecule has 1 fully saturated rings. The maximum absolute atomic E-state index is 12.6. The molecule has 1 aliphatic rings. The smallest absolute Gasteiger partial charge is 0.282 e. The number of hydrogen-bond donors (Lipinski definition) is 0. The highest BCUT2D eigenvalue weighted by Gasteiger charge is 2.26. The number of thiazole rings is 1. The van der Waals surface area contributed by atoms with Gasteiger partial charge in [-0.3, -0.25) is 4.79 Å². The molecule has 1 saturated heterocycles. The maximum Gasteiger partial charge on any atom is 0.282 e. The van der Waals surface area contributed by atoms with Gasteiger partial charge in [-0.15, -0.1) is 0 Å². The molecule has 0 atom stereocenters. The van der Waals surface area contributed by atoms with Crippen LogP contribution in [0.4, 0.5) is 0 Å². The summed E-state index contributed by atoms with van der Waals surface area (Å²) in [5.74, 6) is -0.154. The molecule has 0 bridgehead atoms. The summed E-state index contributed by atoms with van der Waals surface area (Å²) >= 11 is 1.27. The minimum absolute atomic E-state index is 0.154. The van der Waals surface area contributed by atoms with Gasteiger partial charge in [0.2, 0.25) is 10.0 Å². The first kappa shape index (κ1) is 15.3. The first-order chi connectivity index (χ1) is 10.4. The van der Waals surface area contributed by atoms with Crippen LogP contribution in [-0.2, 0) is 10.0 Å². The molecule has 1 amide bonds. The third kappa shape index (κ3) is 3.11. The zero-order valence-electron chi connectivity index (χ0n) is 12.1.